The molecule has 26 heavy (non-hydrogen) atoms. The Labute approximate surface area is 154 Å². The molecule has 1 aromatic carbocycles. The third-order valence-corrected chi connectivity index (χ3v) is 4.98. The van der Waals surface area contributed by atoms with Crippen molar-refractivity contribution in [1.29, 1.82) is 5.26 Å². The molecule has 2 fully saturated rings. The first kappa shape index (κ1) is 18.5. The third-order valence-electron chi connectivity index (χ3n) is 4.98. The number of piperidine rings is 1. The second kappa shape index (κ2) is 9.44. The molecular weight excluding hydrogens is 329 g/mol. The summed E-state index contributed by atoms with van der Waals surface area (Å²) in [6.45, 7) is 1.72. The molecular formula is C20H26FN5. The normalized spacial score (nSPS) is 18.6. The molecule has 6 heteroatoms. The zero-order valence-electron chi connectivity index (χ0n) is 15.0. The minimum Gasteiger partial charge on any atom is -0.367 e. The van der Waals surface area contributed by atoms with E-state index < -0.39 is 6.17 Å². The number of rotatable bonds is 2. The van der Waals surface area contributed by atoms with Gasteiger partial charge in [-0.05, 0) is 57.0 Å². The zero-order valence-corrected chi connectivity index (χ0v) is 15.0. The molecule has 5 nitrogen and oxygen atoms in total. The van der Waals surface area contributed by atoms with Gasteiger partial charge in [0, 0.05) is 11.4 Å². The molecule has 1 aromatic heterocycles. The van der Waals surface area contributed by atoms with E-state index in [1.165, 1.54) is 32.1 Å². The molecule has 1 aliphatic carbocycles. The maximum atomic E-state index is 12.1. The zero-order chi connectivity index (χ0) is 18.2. The molecule has 2 N–H and O–H groups in total. The Hall–Kier alpha value is -2.26. The van der Waals surface area contributed by atoms with Gasteiger partial charge in [0.25, 0.3) is 0 Å². The van der Waals surface area contributed by atoms with Crippen molar-refractivity contribution < 1.29 is 4.39 Å². The highest BCUT2D eigenvalue weighted by atomic mass is 19.1. The molecule has 2 aromatic rings. The highest BCUT2D eigenvalue weighted by Gasteiger charge is 2.15. The van der Waals surface area contributed by atoms with Crippen LogP contribution in [-0.2, 0) is 0 Å². The highest BCUT2D eigenvalue weighted by molar-refractivity contribution is 5.89. The Kier molecular flexibility index (Phi) is 6.73. The number of fused-ring (bicyclic) bond motifs is 1. The number of nitrogens with zero attached hydrogens (tertiary/aromatic N) is 3. The van der Waals surface area contributed by atoms with Crippen molar-refractivity contribution in [2.24, 2.45) is 0 Å². The quantitative estimate of drug-likeness (QED) is 0.853. The average molecular weight is 355 g/mol. The molecule has 0 radical (unpaired) electrons. The van der Waals surface area contributed by atoms with E-state index >= 15 is 0 Å². The third kappa shape index (κ3) is 5.12. The molecule has 0 atom stereocenters. The van der Waals surface area contributed by atoms with Crippen molar-refractivity contribution in [1.82, 2.24) is 15.3 Å². The molecule has 1 saturated carbocycles. The molecule has 138 valence electrons. The Balaban J connectivity index is 0.000000236. The molecule has 2 heterocycles. The monoisotopic (exact) mass is 355 g/mol. The topological polar surface area (TPSA) is 73.6 Å². The van der Waals surface area contributed by atoms with Crippen LogP contribution in [0.3, 0.4) is 0 Å². The number of nitrogens with one attached hydrogen (secondary N) is 2. The first-order valence-electron chi connectivity index (χ1n) is 9.52. The van der Waals surface area contributed by atoms with Crippen molar-refractivity contribution in [3.05, 3.63) is 30.1 Å². The van der Waals surface area contributed by atoms with E-state index in [9.17, 15) is 4.39 Å². The minimum absolute atomic E-state index is 0.498. The largest absolute Gasteiger partial charge is 0.367 e. The molecule has 4 rings (SSSR count). The Morgan fingerprint density at radius 3 is 2.50 bits per heavy atom. The van der Waals surface area contributed by atoms with Crippen molar-refractivity contribution in [3.63, 3.8) is 0 Å². The highest BCUT2D eigenvalue weighted by Crippen LogP contribution is 2.25. The Bertz CT molecular complexity index is 745. The summed E-state index contributed by atoms with van der Waals surface area (Å²) in [5.74, 6) is 0.856. The van der Waals surface area contributed by atoms with Crippen LogP contribution in [0.25, 0.3) is 10.9 Å². The lowest BCUT2D eigenvalue weighted by Crippen LogP contribution is -2.28. The number of anilines is 1. The van der Waals surface area contributed by atoms with Gasteiger partial charge in [-0.3, -0.25) is 0 Å². The Morgan fingerprint density at radius 2 is 1.85 bits per heavy atom. The molecule has 2 aliphatic rings. The summed E-state index contributed by atoms with van der Waals surface area (Å²) in [4.78, 5) is 8.59. The predicted molar refractivity (Wildman–Crippen MR) is 102 cm³/mol. The lowest BCUT2D eigenvalue weighted by Gasteiger charge is -2.23. The summed E-state index contributed by atoms with van der Waals surface area (Å²) in [6, 6.07) is 8.19. The first-order valence-corrected chi connectivity index (χ1v) is 9.52. The second-order valence-corrected chi connectivity index (χ2v) is 6.97. The standard InChI is InChI=1S/C15H16N4.C5H10FN/c16-9-11-6-7-14-13(8-11)15(18-10-17-14)19-12-4-2-1-3-5-12;6-5-1-3-7-4-2-5/h6-8,10,12H,1-5H2,(H,17,18,19);5,7H,1-4H2. The van der Waals surface area contributed by atoms with Gasteiger partial charge in [-0.1, -0.05) is 19.3 Å². The van der Waals surface area contributed by atoms with E-state index in [0.29, 0.717) is 24.4 Å². The van der Waals surface area contributed by atoms with Crippen LogP contribution in [-0.4, -0.2) is 35.3 Å². The Morgan fingerprint density at radius 1 is 1.08 bits per heavy atom. The number of hydrogen-bond donors (Lipinski definition) is 2. The summed E-state index contributed by atoms with van der Waals surface area (Å²) in [5.41, 5.74) is 1.53. The van der Waals surface area contributed by atoms with E-state index in [2.05, 4.69) is 26.7 Å². The smallest absolute Gasteiger partial charge is 0.137 e. The van der Waals surface area contributed by atoms with Crippen LogP contribution in [0.5, 0.6) is 0 Å². The van der Waals surface area contributed by atoms with Crippen LogP contribution in [0.2, 0.25) is 0 Å². The van der Waals surface area contributed by atoms with Crippen LogP contribution in [0.15, 0.2) is 24.5 Å². The molecule has 0 amide bonds. The van der Waals surface area contributed by atoms with Crippen molar-refractivity contribution in [2.45, 2.75) is 57.2 Å². The van der Waals surface area contributed by atoms with Gasteiger partial charge in [0.1, 0.15) is 18.3 Å². The molecule has 0 spiro atoms. The predicted octanol–water partition coefficient (Wildman–Crippen LogP) is 3.95. The number of benzene rings is 1. The summed E-state index contributed by atoms with van der Waals surface area (Å²) in [5, 5.41) is 16.5. The van der Waals surface area contributed by atoms with Crippen molar-refractivity contribution >= 4 is 16.7 Å². The van der Waals surface area contributed by atoms with E-state index in [1.807, 2.05) is 12.1 Å². The summed E-state index contributed by atoms with van der Waals surface area (Å²) in [7, 11) is 0. The van der Waals surface area contributed by atoms with Crippen molar-refractivity contribution in [2.75, 3.05) is 18.4 Å². The SMILES string of the molecule is FC1CCNCC1.N#Cc1ccc2ncnc(NC3CCCCC3)c2c1. The van der Waals surface area contributed by atoms with E-state index in [4.69, 9.17) is 5.26 Å². The van der Waals surface area contributed by atoms with Gasteiger partial charge >= 0.3 is 0 Å². The van der Waals surface area contributed by atoms with Crippen LogP contribution in [0.4, 0.5) is 10.2 Å². The van der Waals surface area contributed by atoms with E-state index in [0.717, 1.165) is 29.8 Å². The van der Waals surface area contributed by atoms with Gasteiger partial charge in [0.15, 0.2) is 0 Å². The van der Waals surface area contributed by atoms with Gasteiger partial charge in [-0.25, -0.2) is 14.4 Å². The number of nitriles is 1. The first-order chi connectivity index (χ1) is 12.8. The lowest BCUT2D eigenvalue weighted by molar-refractivity contribution is 0.262. The average Bonchev–Trinajstić information content (AvgIpc) is 2.70. The van der Waals surface area contributed by atoms with E-state index in [1.54, 1.807) is 12.4 Å². The van der Waals surface area contributed by atoms with Crippen LogP contribution in [0, 0.1) is 11.3 Å². The van der Waals surface area contributed by atoms with Crippen LogP contribution >= 0.6 is 0 Å². The van der Waals surface area contributed by atoms with Gasteiger partial charge in [-0.15, -0.1) is 0 Å². The van der Waals surface area contributed by atoms with Gasteiger partial charge < -0.3 is 10.6 Å². The van der Waals surface area contributed by atoms with Crippen LogP contribution < -0.4 is 10.6 Å². The number of aromatic nitrogens is 2. The fraction of sp³-hybridized carbons (Fsp3) is 0.550. The second-order valence-electron chi connectivity index (χ2n) is 6.97. The number of halogens is 1. The van der Waals surface area contributed by atoms with Gasteiger partial charge in [-0.2, -0.15) is 5.26 Å². The summed E-state index contributed by atoms with van der Waals surface area (Å²) < 4.78 is 12.1. The van der Waals surface area contributed by atoms with Gasteiger partial charge in [0.2, 0.25) is 0 Å². The van der Waals surface area contributed by atoms with Crippen molar-refractivity contribution in [3.8, 4) is 6.07 Å². The molecule has 1 aliphatic heterocycles. The molecule has 1 saturated heterocycles. The maximum absolute atomic E-state index is 12.1. The molecule has 0 unspecified atom stereocenters. The number of hydrogen-bond acceptors (Lipinski definition) is 5. The fourth-order valence-corrected chi connectivity index (χ4v) is 3.47. The summed E-state index contributed by atoms with van der Waals surface area (Å²) in [6.07, 6.45) is 8.77. The van der Waals surface area contributed by atoms with Gasteiger partial charge in [0.05, 0.1) is 17.1 Å². The maximum Gasteiger partial charge on any atom is 0.137 e. The number of alkyl halides is 1. The van der Waals surface area contributed by atoms with E-state index in [-0.39, 0.29) is 0 Å². The molecule has 0 bridgehead atoms. The summed E-state index contributed by atoms with van der Waals surface area (Å²) >= 11 is 0. The van der Waals surface area contributed by atoms with Crippen LogP contribution in [0.1, 0.15) is 50.5 Å². The fourth-order valence-electron chi connectivity index (χ4n) is 3.47. The lowest BCUT2D eigenvalue weighted by atomic mass is 9.95. The minimum atomic E-state index is -0.527.